The average molecular weight is 369 g/mol. The summed E-state index contributed by atoms with van der Waals surface area (Å²) in [5, 5.41) is 2.95. The van der Waals surface area contributed by atoms with E-state index in [1.165, 1.54) is 5.56 Å². The fourth-order valence-electron chi connectivity index (χ4n) is 3.08. The van der Waals surface area contributed by atoms with Crippen LogP contribution in [0.25, 0.3) is 0 Å². The topological polar surface area (TPSA) is 70.6 Å². The molecular formula is C20H27N5O2. The molecule has 2 aromatic rings. The smallest absolute Gasteiger partial charge is 0.270 e. The Kier molecular flexibility index (Phi) is 6.73. The van der Waals surface area contributed by atoms with Gasteiger partial charge < -0.3 is 15.0 Å². The van der Waals surface area contributed by atoms with Gasteiger partial charge in [0.1, 0.15) is 5.69 Å². The maximum Gasteiger partial charge on any atom is 0.270 e. The molecule has 1 aliphatic rings. The number of carbonyl (C=O) groups excluding carboxylic acids is 1. The number of nitrogens with one attached hydrogen (secondary N) is 1. The van der Waals surface area contributed by atoms with E-state index in [0.717, 1.165) is 38.5 Å². The highest BCUT2D eigenvalue weighted by Crippen LogP contribution is 2.22. The molecule has 1 aliphatic heterocycles. The summed E-state index contributed by atoms with van der Waals surface area (Å²) in [4.78, 5) is 25.6. The van der Waals surface area contributed by atoms with Gasteiger partial charge in [-0.1, -0.05) is 12.1 Å². The second-order valence-corrected chi connectivity index (χ2v) is 6.54. The number of carbonyl (C=O) groups is 1. The van der Waals surface area contributed by atoms with Crippen LogP contribution in [0, 0.1) is 6.92 Å². The number of morpholine rings is 1. The molecule has 3 rings (SSSR count). The molecule has 0 radical (unpaired) electrons. The zero-order chi connectivity index (χ0) is 19.1. The number of aromatic nitrogens is 2. The second-order valence-electron chi connectivity index (χ2n) is 6.54. The number of benzene rings is 1. The number of anilines is 2. The van der Waals surface area contributed by atoms with E-state index >= 15 is 0 Å². The molecule has 1 N–H and O–H groups in total. The largest absolute Gasteiger partial charge is 0.379 e. The molecule has 144 valence electrons. The van der Waals surface area contributed by atoms with E-state index in [0.29, 0.717) is 24.7 Å². The number of nitrogens with zero attached hydrogens (tertiary/aromatic N) is 4. The maximum absolute atomic E-state index is 12.5. The monoisotopic (exact) mass is 369 g/mol. The van der Waals surface area contributed by atoms with Crippen LogP contribution in [0.5, 0.6) is 0 Å². The Morgan fingerprint density at radius 1 is 1.30 bits per heavy atom. The third-order valence-corrected chi connectivity index (χ3v) is 4.56. The Morgan fingerprint density at radius 3 is 2.85 bits per heavy atom. The average Bonchev–Trinajstić information content (AvgIpc) is 2.70. The van der Waals surface area contributed by atoms with Gasteiger partial charge >= 0.3 is 0 Å². The molecule has 0 spiro atoms. The zero-order valence-corrected chi connectivity index (χ0v) is 16.0. The van der Waals surface area contributed by atoms with Crippen LogP contribution < -0.4 is 10.2 Å². The number of amides is 1. The molecule has 2 heterocycles. The molecule has 1 aromatic heterocycles. The molecule has 0 saturated carbocycles. The quantitative estimate of drug-likeness (QED) is 0.805. The highest BCUT2D eigenvalue weighted by atomic mass is 16.5. The lowest BCUT2D eigenvalue weighted by Crippen LogP contribution is -2.41. The lowest BCUT2D eigenvalue weighted by Gasteiger charge is -2.26. The first-order valence-corrected chi connectivity index (χ1v) is 9.43. The summed E-state index contributed by atoms with van der Waals surface area (Å²) in [6.07, 6.45) is 1.64. The van der Waals surface area contributed by atoms with Crippen LogP contribution in [0.1, 0.15) is 23.0 Å². The van der Waals surface area contributed by atoms with Gasteiger partial charge in [-0.3, -0.25) is 9.69 Å². The predicted octanol–water partition coefficient (Wildman–Crippen LogP) is 2.01. The molecular weight excluding hydrogens is 342 g/mol. The second kappa shape index (κ2) is 9.43. The van der Waals surface area contributed by atoms with Crippen LogP contribution in [0.4, 0.5) is 11.6 Å². The van der Waals surface area contributed by atoms with Gasteiger partial charge in [0.15, 0.2) is 0 Å². The number of aryl methyl sites for hydroxylation is 1. The summed E-state index contributed by atoms with van der Waals surface area (Å²) in [7, 11) is 0. The van der Waals surface area contributed by atoms with Gasteiger partial charge in [-0.25, -0.2) is 9.97 Å². The minimum Gasteiger partial charge on any atom is -0.379 e. The molecule has 7 nitrogen and oxygen atoms in total. The van der Waals surface area contributed by atoms with Crippen molar-refractivity contribution in [1.82, 2.24) is 20.2 Å². The van der Waals surface area contributed by atoms with Gasteiger partial charge in [-0.15, -0.1) is 0 Å². The molecule has 1 fully saturated rings. The van der Waals surface area contributed by atoms with E-state index < -0.39 is 0 Å². The number of hydrogen-bond acceptors (Lipinski definition) is 6. The van der Waals surface area contributed by atoms with Crippen molar-refractivity contribution in [2.75, 3.05) is 50.8 Å². The third kappa shape index (κ3) is 5.24. The van der Waals surface area contributed by atoms with Crippen molar-refractivity contribution in [2.24, 2.45) is 0 Å². The highest BCUT2D eigenvalue weighted by Gasteiger charge is 2.15. The highest BCUT2D eigenvalue weighted by molar-refractivity contribution is 5.92. The van der Waals surface area contributed by atoms with Crippen molar-refractivity contribution in [1.29, 1.82) is 0 Å². The van der Waals surface area contributed by atoms with Crippen molar-refractivity contribution in [3.05, 3.63) is 47.8 Å². The summed E-state index contributed by atoms with van der Waals surface area (Å²) >= 11 is 0. The van der Waals surface area contributed by atoms with Gasteiger partial charge in [-0.05, 0) is 37.6 Å². The lowest BCUT2D eigenvalue weighted by atomic mass is 10.2. The van der Waals surface area contributed by atoms with Gasteiger partial charge in [0.05, 0.1) is 13.2 Å². The molecule has 0 atom stereocenters. The van der Waals surface area contributed by atoms with Crippen molar-refractivity contribution < 1.29 is 9.53 Å². The van der Waals surface area contributed by atoms with Crippen LogP contribution in [-0.4, -0.2) is 66.7 Å². The zero-order valence-electron chi connectivity index (χ0n) is 16.0. The maximum atomic E-state index is 12.5. The SMILES string of the molecule is CCN(c1cccc(C)c1)c1nccc(C(=O)NCCN2CCOCC2)n1. The third-order valence-electron chi connectivity index (χ3n) is 4.56. The normalized spacial score (nSPS) is 14.7. The van der Waals surface area contributed by atoms with Crippen molar-refractivity contribution in [3.8, 4) is 0 Å². The van der Waals surface area contributed by atoms with E-state index in [1.54, 1.807) is 12.3 Å². The van der Waals surface area contributed by atoms with E-state index in [9.17, 15) is 4.79 Å². The van der Waals surface area contributed by atoms with Gasteiger partial charge in [0.25, 0.3) is 5.91 Å². The van der Waals surface area contributed by atoms with Gasteiger partial charge in [0.2, 0.25) is 5.95 Å². The Bertz CT molecular complexity index is 762. The van der Waals surface area contributed by atoms with E-state index in [1.807, 2.05) is 24.0 Å². The minimum absolute atomic E-state index is 0.174. The first-order valence-electron chi connectivity index (χ1n) is 9.43. The van der Waals surface area contributed by atoms with Crippen LogP contribution >= 0.6 is 0 Å². The Morgan fingerprint density at radius 2 is 2.11 bits per heavy atom. The van der Waals surface area contributed by atoms with Crippen LogP contribution in [-0.2, 0) is 4.74 Å². The lowest BCUT2D eigenvalue weighted by molar-refractivity contribution is 0.0383. The molecule has 7 heteroatoms. The molecule has 1 saturated heterocycles. The number of rotatable bonds is 7. The van der Waals surface area contributed by atoms with Crippen LogP contribution in [0.15, 0.2) is 36.5 Å². The number of ether oxygens (including phenoxy) is 1. The van der Waals surface area contributed by atoms with E-state index in [2.05, 4.69) is 39.2 Å². The summed E-state index contributed by atoms with van der Waals surface area (Å²) in [5.74, 6) is 0.358. The first kappa shape index (κ1) is 19.3. The molecule has 0 unspecified atom stereocenters. The summed E-state index contributed by atoms with van der Waals surface area (Å²) in [5.41, 5.74) is 2.57. The Balaban J connectivity index is 1.64. The summed E-state index contributed by atoms with van der Waals surface area (Å²) in [6.45, 7) is 9.56. The first-order chi connectivity index (χ1) is 13.2. The van der Waals surface area contributed by atoms with E-state index in [-0.39, 0.29) is 5.91 Å². The number of hydrogen-bond donors (Lipinski definition) is 1. The van der Waals surface area contributed by atoms with E-state index in [4.69, 9.17) is 4.74 Å². The molecule has 0 aliphatic carbocycles. The molecule has 1 amide bonds. The van der Waals surface area contributed by atoms with Crippen LogP contribution in [0.3, 0.4) is 0 Å². The van der Waals surface area contributed by atoms with Crippen LogP contribution in [0.2, 0.25) is 0 Å². The standard InChI is InChI=1S/C20H27N5O2/c1-3-25(17-6-4-5-16(2)15-17)20-22-8-7-18(23-20)19(26)21-9-10-24-11-13-27-14-12-24/h4-8,15H,3,9-14H2,1-2H3,(H,21,26). The summed E-state index contributed by atoms with van der Waals surface area (Å²) < 4.78 is 5.34. The minimum atomic E-state index is -0.174. The fraction of sp³-hybridized carbons (Fsp3) is 0.450. The molecule has 0 bridgehead atoms. The molecule has 27 heavy (non-hydrogen) atoms. The van der Waals surface area contributed by atoms with Crippen molar-refractivity contribution >= 4 is 17.5 Å². The van der Waals surface area contributed by atoms with Crippen molar-refractivity contribution in [2.45, 2.75) is 13.8 Å². The van der Waals surface area contributed by atoms with Gasteiger partial charge in [-0.2, -0.15) is 0 Å². The molecule has 1 aromatic carbocycles. The Hall–Kier alpha value is -2.51. The van der Waals surface area contributed by atoms with Gasteiger partial charge in [0, 0.05) is 44.6 Å². The fourth-order valence-corrected chi connectivity index (χ4v) is 3.08. The summed E-state index contributed by atoms with van der Waals surface area (Å²) in [6, 6.07) is 9.82. The van der Waals surface area contributed by atoms with Crippen molar-refractivity contribution in [3.63, 3.8) is 0 Å². The predicted molar refractivity (Wildman–Crippen MR) is 105 cm³/mol. The Labute approximate surface area is 160 Å².